The number of alkyl halides is 3. The Kier molecular flexibility index (Phi) is 7.56. The van der Waals surface area contributed by atoms with Crippen molar-refractivity contribution in [1.29, 1.82) is 0 Å². The van der Waals surface area contributed by atoms with Gasteiger partial charge in [0.2, 0.25) is 11.9 Å². The summed E-state index contributed by atoms with van der Waals surface area (Å²) in [5, 5.41) is 9.10. The van der Waals surface area contributed by atoms with E-state index in [1.54, 1.807) is 4.90 Å². The van der Waals surface area contributed by atoms with Crippen molar-refractivity contribution in [2.24, 2.45) is 5.10 Å². The molecule has 1 saturated heterocycles. The summed E-state index contributed by atoms with van der Waals surface area (Å²) in [5.74, 6) is -1.70. The van der Waals surface area contributed by atoms with Crippen LogP contribution in [-0.4, -0.2) is 66.4 Å². The van der Waals surface area contributed by atoms with Gasteiger partial charge in [0.1, 0.15) is 11.8 Å². The lowest BCUT2D eigenvalue weighted by atomic mass is 10.1. The number of hydrogen-bond donors (Lipinski definition) is 4. The average molecular weight is 508 g/mol. The third kappa shape index (κ3) is 6.32. The largest absolute Gasteiger partial charge is 0.573 e. The van der Waals surface area contributed by atoms with E-state index in [1.165, 1.54) is 19.0 Å². The van der Waals surface area contributed by atoms with Gasteiger partial charge in [-0.25, -0.2) is 10.3 Å². The van der Waals surface area contributed by atoms with Crippen molar-refractivity contribution in [1.82, 2.24) is 26.3 Å². The second-order valence-corrected chi connectivity index (χ2v) is 7.63. The summed E-state index contributed by atoms with van der Waals surface area (Å²) >= 11 is 6.19. The molecule has 16 heteroatoms. The molecule has 0 aromatic heterocycles. The second kappa shape index (κ2) is 10.2. The van der Waals surface area contributed by atoms with Crippen molar-refractivity contribution in [3.8, 4) is 5.75 Å². The highest BCUT2D eigenvalue weighted by Gasteiger charge is 2.34. The van der Waals surface area contributed by atoms with Gasteiger partial charge >= 0.3 is 12.5 Å². The number of nitrogens with zero attached hydrogens (tertiary/aromatic N) is 3. The molecule has 0 atom stereocenters. The van der Waals surface area contributed by atoms with Crippen LogP contribution in [-0.2, 0) is 9.53 Å². The maximum absolute atomic E-state index is 12.9. The zero-order chi connectivity index (χ0) is 25.0. The number of carbonyl (C=O) groups is 3. The van der Waals surface area contributed by atoms with E-state index in [4.69, 9.17) is 16.3 Å². The Labute approximate surface area is 196 Å². The van der Waals surface area contributed by atoms with Gasteiger partial charge in [-0.2, -0.15) is 0 Å². The van der Waals surface area contributed by atoms with Gasteiger partial charge in [-0.15, -0.1) is 23.8 Å². The molecule has 0 spiro atoms. The number of hydrazone groups is 1. The number of likely N-dealkylation sites (tertiary alicyclic amines) is 1. The maximum atomic E-state index is 12.9. The number of piperidine rings is 1. The predicted octanol–water partition coefficient (Wildman–Crippen LogP) is 1.75. The molecule has 2 aliphatic rings. The molecule has 2 aliphatic heterocycles. The predicted molar refractivity (Wildman–Crippen MR) is 112 cm³/mol. The molecule has 2 heterocycles. The van der Waals surface area contributed by atoms with E-state index in [0.29, 0.717) is 25.9 Å². The van der Waals surface area contributed by atoms with Crippen LogP contribution in [0.1, 0.15) is 30.1 Å². The van der Waals surface area contributed by atoms with Gasteiger partial charge in [-0.3, -0.25) is 25.2 Å². The molecule has 4 N–H and O–H groups in total. The first-order valence-electron chi connectivity index (χ1n) is 9.89. The van der Waals surface area contributed by atoms with Crippen molar-refractivity contribution in [3.05, 3.63) is 22.7 Å². The Hall–Kier alpha value is -3.46. The number of hydrogen-bond acceptors (Lipinski definition) is 9. The van der Waals surface area contributed by atoms with Crippen molar-refractivity contribution in [2.45, 2.75) is 32.2 Å². The number of ether oxygens (including phenoxy) is 2. The number of rotatable bonds is 4. The number of anilines is 1. The maximum Gasteiger partial charge on any atom is 0.573 e. The molecule has 3 rings (SSSR count). The minimum absolute atomic E-state index is 0.0579. The highest BCUT2D eigenvalue weighted by atomic mass is 35.5. The molecule has 0 bridgehead atoms. The minimum Gasteiger partial charge on any atom is -0.446 e. The lowest BCUT2D eigenvalue weighted by Crippen LogP contribution is -2.45. The van der Waals surface area contributed by atoms with E-state index in [0.717, 1.165) is 12.1 Å². The number of benzene rings is 1. The van der Waals surface area contributed by atoms with E-state index < -0.39 is 40.9 Å². The highest BCUT2D eigenvalue weighted by molar-refractivity contribution is 6.37. The van der Waals surface area contributed by atoms with Crippen LogP contribution in [0.4, 0.5) is 23.7 Å². The van der Waals surface area contributed by atoms with Crippen molar-refractivity contribution < 1.29 is 37.0 Å². The molecule has 34 heavy (non-hydrogen) atoms. The summed E-state index contributed by atoms with van der Waals surface area (Å²) in [7, 11) is 1.53. The Morgan fingerprint density at radius 1 is 1.21 bits per heavy atom. The first kappa shape index (κ1) is 25.2. The first-order valence-corrected chi connectivity index (χ1v) is 10.3. The number of carbonyl (C=O) groups excluding carboxylic acids is 3. The standard InChI is InChI=1S/C18H21ClF3N7O5/c1-9(30)29-7-5-10(6-8-29)33-17(32)23-14-12(34-18(20,21)22)4-3-11(13(14)19)15(31)24-16-25-26-27-28(16)2/h3-4,10,26-27H,5-8H2,1-2H3,(H,23,32)(H,24,25,31). The summed E-state index contributed by atoms with van der Waals surface area (Å²) in [5.41, 5.74) is 4.08. The average Bonchev–Trinajstić information content (AvgIpc) is 3.14. The van der Waals surface area contributed by atoms with Gasteiger partial charge in [-0.1, -0.05) is 11.6 Å². The molecule has 1 fully saturated rings. The molecule has 0 unspecified atom stereocenters. The number of nitrogens with one attached hydrogen (secondary N) is 4. The van der Waals surface area contributed by atoms with Gasteiger partial charge < -0.3 is 14.4 Å². The molecule has 1 aromatic rings. The van der Waals surface area contributed by atoms with E-state index in [9.17, 15) is 27.6 Å². The molecule has 3 amide bonds. The van der Waals surface area contributed by atoms with Gasteiger partial charge in [-0.05, 0) is 12.1 Å². The van der Waals surface area contributed by atoms with E-state index >= 15 is 0 Å². The number of halogens is 4. The van der Waals surface area contributed by atoms with Crippen LogP contribution in [0.25, 0.3) is 0 Å². The lowest BCUT2D eigenvalue weighted by molar-refractivity contribution is -0.274. The third-order valence-corrected chi connectivity index (χ3v) is 5.28. The molecule has 0 radical (unpaired) electrons. The molecule has 1 aromatic carbocycles. The third-order valence-electron chi connectivity index (χ3n) is 4.88. The fourth-order valence-corrected chi connectivity index (χ4v) is 3.48. The quantitative estimate of drug-likeness (QED) is 0.484. The minimum atomic E-state index is -5.09. The molecule has 12 nitrogen and oxygen atoms in total. The fourth-order valence-electron chi connectivity index (χ4n) is 3.19. The Balaban J connectivity index is 1.77. The Morgan fingerprint density at radius 3 is 2.44 bits per heavy atom. The zero-order valence-electron chi connectivity index (χ0n) is 18.0. The van der Waals surface area contributed by atoms with Crippen LogP contribution >= 0.6 is 11.6 Å². The van der Waals surface area contributed by atoms with E-state index in [1.807, 2.05) is 0 Å². The van der Waals surface area contributed by atoms with Crippen LogP contribution in [0.3, 0.4) is 0 Å². The normalized spacial score (nSPS) is 16.5. The van der Waals surface area contributed by atoms with Crippen molar-refractivity contribution >= 4 is 41.2 Å². The van der Waals surface area contributed by atoms with Crippen LogP contribution in [0, 0.1) is 0 Å². The molecule has 0 aliphatic carbocycles. The summed E-state index contributed by atoms with van der Waals surface area (Å²) in [6.45, 7) is 2.16. The van der Waals surface area contributed by atoms with Crippen LogP contribution in [0.15, 0.2) is 17.2 Å². The smallest absolute Gasteiger partial charge is 0.446 e. The molecular weight excluding hydrogens is 487 g/mol. The van der Waals surface area contributed by atoms with Crippen molar-refractivity contribution in [3.63, 3.8) is 0 Å². The van der Waals surface area contributed by atoms with Crippen LogP contribution < -0.4 is 26.4 Å². The SMILES string of the molecule is CC(=O)N1CCC(OC(=O)Nc2c(OC(F)(F)F)ccc(C(=O)NC3=NNNN3C)c2Cl)CC1. The van der Waals surface area contributed by atoms with Crippen LogP contribution in [0.2, 0.25) is 5.02 Å². The summed E-state index contributed by atoms with van der Waals surface area (Å²) in [4.78, 5) is 38.0. The summed E-state index contributed by atoms with van der Waals surface area (Å²) in [6, 6.07) is 1.84. The number of hydrazine groups is 2. The van der Waals surface area contributed by atoms with Crippen molar-refractivity contribution in [2.75, 3.05) is 25.5 Å². The van der Waals surface area contributed by atoms with E-state index in [-0.39, 0.29) is 17.4 Å². The van der Waals surface area contributed by atoms with E-state index in [2.05, 4.69) is 31.5 Å². The second-order valence-electron chi connectivity index (χ2n) is 7.26. The molecular formula is C18H21ClF3N7O5. The van der Waals surface area contributed by atoms with Gasteiger partial charge in [0.05, 0.1) is 10.6 Å². The Morgan fingerprint density at radius 2 is 1.88 bits per heavy atom. The number of amides is 3. The van der Waals surface area contributed by atoms with Gasteiger partial charge in [0, 0.05) is 39.9 Å². The van der Waals surface area contributed by atoms with Crippen LogP contribution in [0.5, 0.6) is 5.75 Å². The lowest BCUT2D eigenvalue weighted by Gasteiger charge is -2.31. The highest BCUT2D eigenvalue weighted by Crippen LogP contribution is 2.38. The number of guanidine groups is 1. The summed E-state index contributed by atoms with van der Waals surface area (Å²) < 4.78 is 47.9. The van der Waals surface area contributed by atoms with Gasteiger partial charge in [0.15, 0.2) is 5.75 Å². The Bertz CT molecular complexity index is 999. The summed E-state index contributed by atoms with van der Waals surface area (Å²) in [6.07, 6.45) is -6.05. The first-order chi connectivity index (χ1) is 15.9. The fraction of sp³-hybridized carbons (Fsp3) is 0.444. The monoisotopic (exact) mass is 507 g/mol. The molecule has 186 valence electrons. The van der Waals surface area contributed by atoms with Gasteiger partial charge in [0.25, 0.3) is 5.91 Å². The zero-order valence-corrected chi connectivity index (χ0v) is 18.7. The topological polar surface area (TPSA) is 137 Å². The molecule has 0 saturated carbocycles.